The van der Waals surface area contributed by atoms with Gasteiger partial charge in [0.15, 0.2) is 0 Å². The van der Waals surface area contributed by atoms with Crippen LogP contribution in [-0.4, -0.2) is 32.3 Å². The summed E-state index contributed by atoms with van der Waals surface area (Å²) in [5, 5.41) is 17.0. The summed E-state index contributed by atoms with van der Waals surface area (Å²) in [6, 6.07) is 7.06. The monoisotopic (exact) mass is 288 g/mol. The standard InChI is InChI=1S/C15H20N4O2/c1-10(2)12-8-13(19(3)18-12)15(21)17-9-14(20)11-6-4-5-7-16-11/h4-8,10,14,20H,9H2,1-3H3,(H,17,21)/t14-/m0/s1. The zero-order valence-electron chi connectivity index (χ0n) is 12.4. The summed E-state index contributed by atoms with van der Waals surface area (Å²) >= 11 is 0. The molecular weight excluding hydrogens is 268 g/mol. The molecule has 2 aromatic heterocycles. The van der Waals surface area contributed by atoms with Crippen LogP contribution in [0.1, 0.15) is 47.7 Å². The molecule has 21 heavy (non-hydrogen) atoms. The molecule has 6 nitrogen and oxygen atoms in total. The SMILES string of the molecule is CC(C)c1cc(C(=O)NC[C@H](O)c2ccccn2)n(C)n1. The van der Waals surface area contributed by atoms with Crippen molar-refractivity contribution in [3.05, 3.63) is 47.5 Å². The van der Waals surface area contributed by atoms with Gasteiger partial charge in [-0.15, -0.1) is 0 Å². The van der Waals surface area contributed by atoms with Crippen molar-refractivity contribution < 1.29 is 9.90 Å². The Hall–Kier alpha value is -2.21. The highest BCUT2D eigenvalue weighted by molar-refractivity contribution is 5.92. The van der Waals surface area contributed by atoms with Gasteiger partial charge in [0.1, 0.15) is 11.8 Å². The first-order chi connectivity index (χ1) is 9.99. The predicted molar refractivity (Wildman–Crippen MR) is 78.8 cm³/mol. The molecule has 0 unspecified atom stereocenters. The minimum atomic E-state index is -0.826. The highest BCUT2D eigenvalue weighted by atomic mass is 16.3. The number of hydrogen-bond donors (Lipinski definition) is 2. The highest BCUT2D eigenvalue weighted by Crippen LogP contribution is 2.14. The second-order valence-corrected chi connectivity index (χ2v) is 5.21. The Bertz CT molecular complexity index is 607. The van der Waals surface area contributed by atoms with E-state index in [1.54, 1.807) is 42.2 Å². The molecule has 0 fully saturated rings. The van der Waals surface area contributed by atoms with Crippen molar-refractivity contribution in [1.82, 2.24) is 20.1 Å². The number of carbonyl (C=O) groups excluding carboxylic acids is 1. The number of aliphatic hydroxyl groups excluding tert-OH is 1. The van der Waals surface area contributed by atoms with Crippen LogP contribution in [0.25, 0.3) is 0 Å². The van der Waals surface area contributed by atoms with E-state index in [0.29, 0.717) is 11.4 Å². The first kappa shape index (κ1) is 15.2. The van der Waals surface area contributed by atoms with Crippen LogP contribution in [0.4, 0.5) is 0 Å². The van der Waals surface area contributed by atoms with E-state index in [2.05, 4.69) is 15.4 Å². The summed E-state index contributed by atoms with van der Waals surface area (Å²) in [6.07, 6.45) is 0.782. The summed E-state index contributed by atoms with van der Waals surface area (Å²) < 4.78 is 1.55. The molecule has 0 aliphatic carbocycles. The van der Waals surface area contributed by atoms with Crippen LogP contribution in [0.3, 0.4) is 0 Å². The number of aromatic nitrogens is 3. The molecule has 0 aliphatic rings. The number of aliphatic hydroxyl groups is 1. The zero-order valence-corrected chi connectivity index (χ0v) is 12.4. The third-order valence-electron chi connectivity index (χ3n) is 3.21. The van der Waals surface area contributed by atoms with E-state index < -0.39 is 6.10 Å². The summed E-state index contributed by atoms with van der Waals surface area (Å²) in [5.41, 5.74) is 1.88. The molecule has 0 aliphatic heterocycles. The summed E-state index contributed by atoms with van der Waals surface area (Å²) in [5.74, 6) is 0.00346. The minimum absolute atomic E-state index is 0.109. The lowest BCUT2D eigenvalue weighted by Gasteiger charge is -2.11. The highest BCUT2D eigenvalue weighted by Gasteiger charge is 2.16. The molecule has 2 heterocycles. The molecule has 1 atom stereocenters. The molecule has 112 valence electrons. The average molecular weight is 288 g/mol. The summed E-state index contributed by atoms with van der Waals surface area (Å²) in [6.45, 7) is 4.15. The number of amides is 1. The van der Waals surface area contributed by atoms with Crippen LogP contribution in [0, 0.1) is 0 Å². The van der Waals surface area contributed by atoms with Crippen LogP contribution in [0.15, 0.2) is 30.5 Å². The molecule has 2 aromatic rings. The van der Waals surface area contributed by atoms with Gasteiger partial charge in [-0.1, -0.05) is 19.9 Å². The van der Waals surface area contributed by atoms with Crippen LogP contribution in [0.5, 0.6) is 0 Å². The molecule has 2 rings (SSSR count). The molecule has 2 N–H and O–H groups in total. The van der Waals surface area contributed by atoms with E-state index in [1.807, 2.05) is 13.8 Å². The normalized spacial score (nSPS) is 12.4. The minimum Gasteiger partial charge on any atom is -0.385 e. The van der Waals surface area contributed by atoms with E-state index in [9.17, 15) is 9.90 Å². The number of rotatable bonds is 5. The lowest BCUT2D eigenvalue weighted by molar-refractivity contribution is 0.0905. The van der Waals surface area contributed by atoms with Crippen molar-refractivity contribution in [3.63, 3.8) is 0 Å². The van der Waals surface area contributed by atoms with Crippen LogP contribution < -0.4 is 5.32 Å². The van der Waals surface area contributed by atoms with Gasteiger partial charge in [-0.2, -0.15) is 5.10 Å². The van der Waals surface area contributed by atoms with Crippen LogP contribution in [-0.2, 0) is 7.05 Å². The Balaban J connectivity index is 1.99. The van der Waals surface area contributed by atoms with Crippen molar-refractivity contribution in [2.45, 2.75) is 25.9 Å². The van der Waals surface area contributed by atoms with E-state index in [-0.39, 0.29) is 18.4 Å². The fourth-order valence-corrected chi connectivity index (χ4v) is 1.94. The largest absolute Gasteiger partial charge is 0.385 e. The number of pyridine rings is 1. The maximum Gasteiger partial charge on any atom is 0.269 e. The van der Waals surface area contributed by atoms with Gasteiger partial charge in [-0.25, -0.2) is 0 Å². The van der Waals surface area contributed by atoms with Crippen molar-refractivity contribution in [3.8, 4) is 0 Å². The first-order valence-electron chi connectivity index (χ1n) is 6.90. The third-order valence-corrected chi connectivity index (χ3v) is 3.21. The summed E-state index contributed by atoms with van der Waals surface area (Å²) in [7, 11) is 1.73. The second kappa shape index (κ2) is 6.49. The number of aryl methyl sites for hydroxylation is 1. The van der Waals surface area contributed by atoms with Gasteiger partial charge in [0.25, 0.3) is 5.91 Å². The van der Waals surface area contributed by atoms with Crippen LogP contribution in [0.2, 0.25) is 0 Å². The molecule has 0 saturated carbocycles. The molecule has 0 saturated heterocycles. The van der Waals surface area contributed by atoms with E-state index in [4.69, 9.17) is 0 Å². The lowest BCUT2D eigenvalue weighted by atomic mass is 10.1. The molecule has 1 amide bonds. The topological polar surface area (TPSA) is 80.0 Å². The molecule has 0 spiro atoms. The van der Waals surface area contributed by atoms with Gasteiger partial charge >= 0.3 is 0 Å². The van der Waals surface area contributed by atoms with Gasteiger partial charge in [0.2, 0.25) is 0 Å². The number of carbonyl (C=O) groups is 1. The molecule has 0 aromatic carbocycles. The smallest absolute Gasteiger partial charge is 0.269 e. The number of nitrogens with zero attached hydrogens (tertiary/aromatic N) is 3. The Morgan fingerprint density at radius 2 is 2.14 bits per heavy atom. The summed E-state index contributed by atoms with van der Waals surface area (Å²) in [4.78, 5) is 16.2. The van der Waals surface area contributed by atoms with Gasteiger partial charge in [0, 0.05) is 19.8 Å². The van der Waals surface area contributed by atoms with E-state index in [1.165, 1.54) is 0 Å². The number of hydrogen-bond acceptors (Lipinski definition) is 4. The molecular formula is C15H20N4O2. The van der Waals surface area contributed by atoms with Crippen molar-refractivity contribution in [2.75, 3.05) is 6.54 Å². The van der Waals surface area contributed by atoms with Gasteiger partial charge in [-0.05, 0) is 24.1 Å². The van der Waals surface area contributed by atoms with Crippen molar-refractivity contribution in [2.24, 2.45) is 7.05 Å². The average Bonchev–Trinajstić information content (AvgIpc) is 2.87. The first-order valence-corrected chi connectivity index (χ1v) is 6.90. The Morgan fingerprint density at radius 3 is 2.71 bits per heavy atom. The van der Waals surface area contributed by atoms with Gasteiger partial charge in [0.05, 0.1) is 11.4 Å². The quantitative estimate of drug-likeness (QED) is 0.871. The Morgan fingerprint density at radius 1 is 1.38 bits per heavy atom. The van der Waals surface area contributed by atoms with Gasteiger partial charge < -0.3 is 10.4 Å². The zero-order chi connectivity index (χ0) is 15.4. The predicted octanol–water partition coefficient (Wildman–Crippen LogP) is 1.40. The fraction of sp³-hybridized carbons (Fsp3) is 0.400. The second-order valence-electron chi connectivity index (χ2n) is 5.21. The van der Waals surface area contributed by atoms with Crippen molar-refractivity contribution >= 4 is 5.91 Å². The Kier molecular flexibility index (Phi) is 4.70. The lowest BCUT2D eigenvalue weighted by Crippen LogP contribution is -2.30. The molecule has 0 bridgehead atoms. The maximum absolute atomic E-state index is 12.1. The maximum atomic E-state index is 12.1. The van der Waals surface area contributed by atoms with Crippen LogP contribution >= 0.6 is 0 Å². The van der Waals surface area contributed by atoms with Crippen molar-refractivity contribution in [1.29, 1.82) is 0 Å². The molecule has 0 radical (unpaired) electrons. The third kappa shape index (κ3) is 3.66. The molecule has 6 heteroatoms. The number of nitrogens with one attached hydrogen (secondary N) is 1. The fourth-order valence-electron chi connectivity index (χ4n) is 1.94. The van der Waals surface area contributed by atoms with E-state index >= 15 is 0 Å². The Labute approximate surface area is 123 Å². The van der Waals surface area contributed by atoms with Gasteiger partial charge in [-0.3, -0.25) is 14.5 Å². The van der Waals surface area contributed by atoms with E-state index in [0.717, 1.165) is 5.69 Å².